The summed E-state index contributed by atoms with van der Waals surface area (Å²) in [4.78, 5) is 25.4. The zero-order chi connectivity index (χ0) is 11.9. The van der Waals surface area contributed by atoms with Crippen LogP contribution in [0.2, 0.25) is 0 Å². The van der Waals surface area contributed by atoms with Crippen molar-refractivity contribution in [2.24, 2.45) is 5.92 Å². The second-order valence-corrected chi connectivity index (χ2v) is 4.77. The molecule has 2 amide bonds. The Hall–Kier alpha value is -1.10. The largest absolute Gasteiger partial charge is 0.391 e. The fraction of sp³-hybridized carbons (Fsp3) is 0.818. The first-order valence-electron chi connectivity index (χ1n) is 5.83. The van der Waals surface area contributed by atoms with E-state index in [1.54, 1.807) is 0 Å². The number of carbonyl (C=O) groups excluding carboxylic acids is 2. The lowest BCUT2D eigenvalue weighted by atomic mass is 9.95. The van der Waals surface area contributed by atoms with Gasteiger partial charge in [0, 0.05) is 13.0 Å². The number of hydrogen-bond donors (Lipinski definition) is 2. The van der Waals surface area contributed by atoms with Crippen molar-refractivity contribution in [1.29, 1.82) is 0 Å². The number of piperazine rings is 1. The highest BCUT2D eigenvalue weighted by atomic mass is 16.3. The van der Waals surface area contributed by atoms with Gasteiger partial charge in [0.25, 0.3) is 0 Å². The SMILES string of the molecule is CCC(C)[C@@H]1NC(=O)[C@@H]2CC(O)CN2C1=O. The highest BCUT2D eigenvalue weighted by Crippen LogP contribution is 2.25. The monoisotopic (exact) mass is 226 g/mol. The van der Waals surface area contributed by atoms with Gasteiger partial charge >= 0.3 is 0 Å². The van der Waals surface area contributed by atoms with Gasteiger partial charge in [-0.2, -0.15) is 0 Å². The van der Waals surface area contributed by atoms with Crippen LogP contribution in [0.5, 0.6) is 0 Å². The predicted molar refractivity (Wildman–Crippen MR) is 57.5 cm³/mol. The first-order valence-corrected chi connectivity index (χ1v) is 5.83. The molecule has 2 heterocycles. The summed E-state index contributed by atoms with van der Waals surface area (Å²) in [5.41, 5.74) is 0. The minimum Gasteiger partial charge on any atom is -0.391 e. The van der Waals surface area contributed by atoms with Crippen molar-refractivity contribution in [2.75, 3.05) is 6.54 Å². The molecule has 0 aliphatic carbocycles. The molecule has 4 atom stereocenters. The number of aliphatic hydroxyl groups excluding tert-OH is 1. The summed E-state index contributed by atoms with van der Waals surface area (Å²) >= 11 is 0. The van der Waals surface area contributed by atoms with Gasteiger partial charge < -0.3 is 15.3 Å². The smallest absolute Gasteiger partial charge is 0.246 e. The predicted octanol–water partition coefficient (Wildman–Crippen LogP) is -0.507. The minimum absolute atomic E-state index is 0.0458. The lowest BCUT2D eigenvalue weighted by Crippen LogP contribution is -2.62. The first-order chi connectivity index (χ1) is 7.54. The Labute approximate surface area is 94.8 Å². The molecule has 0 radical (unpaired) electrons. The van der Waals surface area contributed by atoms with Gasteiger partial charge in [0.2, 0.25) is 11.8 Å². The van der Waals surface area contributed by atoms with Gasteiger partial charge in [-0.1, -0.05) is 20.3 Å². The van der Waals surface area contributed by atoms with Crippen LogP contribution >= 0.6 is 0 Å². The van der Waals surface area contributed by atoms with Gasteiger partial charge in [-0.15, -0.1) is 0 Å². The number of nitrogens with one attached hydrogen (secondary N) is 1. The van der Waals surface area contributed by atoms with E-state index in [-0.39, 0.29) is 17.7 Å². The fourth-order valence-electron chi connectivity index (χ4n) is 2.42. The van der Waals surface area contributed by atoms with Crippen molar-refractivity contribution in [3.63, 3.8) is 0 Å². The Bertz CT molecular complexity index is 314. The van der Waals surface area contributed by atoms with E-state index in [0.29, 0.717) is 13.0 Å². The summed E-state index contributed by atoms with van der Waals surface area (Å²) in [6.07, 6.45) is 0.651. The molecule has 0 saturated carbocycles. The summed E-state index contributed by atoms with van der Waals surface area (Å²) in [7, 11) is 0. The van der Waals surface area contributed by atoms with Crippen LogP contribution in [0.25, 0.3) is 0 Å². The summed E-state index contributed by atoms with van der Waals surface area (Å²) in [6.45, 7) is 4.24. The first kappa shape index (κ1) is 11.4. The number of nitrogens with zero attached hydrogens (tertiary/aromatic N) is 1. The Balaban J connectivity index is 2.18. The van der Waals surface area contributed by atoms with Crippen LogP contribution in [-0.4, -0.2) is 46.6 Å². The zero-order valence-electron chi connectivity index (χ0n) is 9.64. The molecule has 0 bridgehead atoms. The molecule has 2 saturated heterocycles. The Morgan fingerprint density at radius 1 is 1.56 bits per heavy atom. The lowest BCUT2D eigenvalue weighted by Gasteiger charge is -2.36. The van der Waals surface area contributed by atoms with Gasteiger partial charge in [-0.3, -0.25) is 9.59 Å². The maximum absolute atomic E-state index is 12.1. The average Bonchev–Trinajstić information content (AvgIpc) is 2.65. The van der Waals surface area contributed by atoms with Crippen molar-refractivity contribution >= 4 is 11.8 Å². The van der Waals surface area contributed by atoms with E-state index in [0.717, 1.165) is 6.42 Å². The van der Waals surface area contributed by atoms with Crippen LogP contribution in [0.1, 0.15) is 26.7 Å². The van der Waals surface area contributed by atoms with Crippen molar-refractivity contribution in [3.8, 4) is 0 Å². The van der Waals surface area contributed by atoms with Gasteiger partial charge in [0.15, 0.2) is 0 Å². The Morgan fingerprint density at radius 3 is 2.88 bits per heavy atom. The van der Waals surface area contributed by atoms with Crippen LogP contribution in [0, 0.1) is 5.92 Å². The normalized spacial score (nSPS) is 35.9. The van der Waals surface area contributed by atoms with E-state index in [1.807, 2.05) is 13.8 Å². The number of aliphatic hydroxyl groups is 1. The molecule has 2 aliphatic heterocycles. The Morgan fingerprint density at radius 2 is 2.25 bits per heavy atom. The molecule has 16 heavy (non-hydrogen) atoms. The summed E-state index contributed by atoms with van der Waals surface area (Å²) in [5, 5.41) is 12.3. The molecule has 2 N–H and O–H groups in total. The molecular formula is C11H18N2O3. The Kier molecular flexibility index (Phi) is 2.88. The average molecular weight is 226 g/mol. The fourth-order valence-corrected chi connectivity index (χ4v) is 2.42. The van der Waals surface area contributed by atoms with Gasteiger partial charge in [-0.05, 0) is 5.92 Å². The van der Waals surface area contributed by atoms with Crippen LogP contribution in [0.4, 0.5) is 0 Å². The van der Waals surface area contributed by atoms with E-state index in [9.17, 15) is 14.7 Å². The number of hydrogen-bond acceptors (Lipinski definition) is 3. The molecule has 5 nitrogen and oxygen atoms in total. The highest BCUT2D eigenvalue weighted by Gasteiger charge is 2.46. The van der Waals surface area contributed by atoms with Gasteiger partial charge in [0.05, 0.1) is 6.10 Å². The van der Waals surface area contributed by atoms with Crippen molar-refractivity contribution < 1.29 is 14.7 Å². The quantitative estimate of drug-likeness (QED) is 0.666. The molecular weight excluding hydrogens is 208 g/mol. The van der Waals surface area contributed by atoms with Gasteiger partial charge in [0.1, 0.15) is 12.1 Å². The third-order valence-corrected chi connectivity index (χ3v) is 3.64. The van der Waals surface area contributed by atoms with Crippen LogP contribution < -0.4 is 5.32 Å². The molecule has 0 aromatic heterocycles. The third kappa shape index (κ3) is 1.69. The molecule has 0 spiro atoms. The maximum Gasteiger partial charge on any atom is 0.246 e. The highest BCUT2D eigenvalue weighted by molar-refractivity contribution is 5.97. The number of rotatable bonds is 2. The van der Waals surface area contributed by atoms with E-state index >= 15 is 0 Å². The molecule has 2 fully saturated rings. The van der Waals surface area contributed by atoms with Crippen LogP contribution in [0.3, 0.4) is 0 Å². The molecule has 5 heteroatoms. The molecule has 2 aliphatic rings. The molecule has 0 aromatic carbocycles. The van der Waals surface area contributed by atoms with E-state index < -0.39 is 18.2 Å². The van der Waals surface area contributed by atoms with Crippen LogP contribution in [-0.2, 0) is 9.59 Å². The number of fused-ring (bicyclic) bond motifs is 1. The third-order valence-electron chi connectivity index (χ3n) is 3.64. The number of amides is 2. The lowest BCUT2D eigenvalue weighted by molar-refractivity contribution is -0.148. The summed E-state index contributed by atoms with van der Waals surface area (Å²) in [6, 6.07) is -0.873. The van der Waals surface area contributed by atoms with E-state index in [2.05, 4.69) is 5.32 Å². The van der Waals surface area contributed by atoms with Crippen molar-refractivity contribution in [3.05, 3.63) is 0 Å². The van der Waals surface area contributed by atoms with Gasteiger partial charge in [-0.25, -0.2) is 0 Å². The summed E-state index contributed by atoms with van der Waals surface area (Å²) < 4.78 is 0. The van der Waals surface area contributed by atoms with Crippen molar-refractivity contribution in [1.82, 2.24) is 10.2 Å². The second kappa shape index (κ2) is 4.05. The van der Waals surface area contributed by atoms with Crippen LogP contribution in [0.15, 0.2) is 0 Å². The zero-order valence-corrected chi connectivity index (χ0v) is 9.64. The molecule has 90 valence electrons. The molecule has 2 rings (SSSR count). The summed E-state index contributed by atoms with van der Waals surface area (Å²) in [5.74, 6) is -0.0351. The number of carbonyl (C=O) groups is 2. The topological polar surface area (TPSA) is 69.6 Å². The van der Waals surface area contributed by atoms with Crippen molar-refractivity contribution in [2.45, 2.75) is 44.9 Å². The maximum atomic E-state index is 12.1. The molecule has 2 unspecified atom stereocenters. The minimum atomic E-state index is -0.560. The standard InChI is InChI=1S/C11H18N2O3/c1-3-6(2)9-11(16)13-5-7(14)4-8(13)10(15)12-9/h6-9,14H,3-5H2,1-2H3,(H,12,15)/t6?,7?,8-,9-/m0/s1. The van der Waals surface area contributed by atoms with E-state index in [1.165, 1.54) is 4.90 Å². The second-order valence-electron chi connectivity index (χ2n) is 4.77. The van der Waals surface area contributed by atoms with E-state index in [4.69, 9.17) is 0 Å². The molecule has 0 aromatic rings.